The summed E-state index contributed by atoms with van der Waals surface area (Å²) in [5.74, 6) is -0.744. The Morgan fingerprint density at radius 3 is 2.39 bits per heavy atom. The highest BCUT2D eigenvalue weighted by Crippen LogP contribution is 2.37. The van der Waals surface area contributed by atoms with E-state index in [4.69, 9.17) is 0 Å². The van der Waals surface area contributed by atoms with Gasteiger partial charge < -0.3 is 5.32 Å². The maximum Gasteiger partial charge on any atom is 0.264 e. The first-order valence-corrected chi connectivity index (χ1v) is 11.4. The van der Waals surface area contributed by atoms with Gasteiger partial charge in [-0.2, -0.15) is 0 Å². The van der Waals surface area contributed by atoms with Gasteiger partial charge in [-0.3, -0.25) is 9.10 Å². The lowest BCUT2D eigenvalue weighted by atomic mass is 10.1. The molecule has 0 saturated heterocycles. The first-order valence-electron chi connectivity index (χ1n) is 9.98. The molecule has 1 heterocycles. The monoisotopic (exact) mass is 438 g/mol. The van der Waals surface area contributed by atoms with Crippen LogP contribution >= 0.6 is 0 Å². The van der Waals surface area contributed by atoms with Crippen molar-refractivity contribution in [2.75, 3.05) is 9.62 Å². The fourth-order valence-electron chi connectivity index (χ4n) is 3.85. The van der Waals surface area contributed by atoms with Crippen LogP contribution in [0.3, 0.4) is 0 Å². The van der Waals surface area contributed by atoms with E-state index in [1.807, 2.05) is 39.0 Å². The number of halogens is 1. The van der Waals surface area contributed by atoms with E-state index in [2.05, 4.69) is 5.32 Å². The number of carbonyl (C=O) groups excluding carboxylic acids is 1. The molecular formula is C24H23FN2O3S. The average molecular weight is 439 g/mol. The van der Waals surface area contributed by atoms with Crippen LogP contribution in [0.5, 0.6) is 0 Å². The number of benzene rings is 3. The molecular weight excluding hydrogens is 415 g/mol. The fourth-order valence-corrected chi connectivity index (χ4v) is 5.55. The number of sulfonamides is 1. The van der Waals surface area contributed by atoms with Gasteiger partial charge in [0.05, 0.1) is 10.6 Å². The highest BCUT2D eigenvalue weighted by Gasteiger charge is 2.36. The summed E-state index contributed by atoms with van der Waals surface area (Å²) in [5.41, 5.74) is 4.73. The minimum Gasteiger partial charge on any atom is -0.322 e. The number of aryl methyl sites for hydroxylation is 2. The van der Waals surface area contributed by atoms with E-state index in [-0.39, 0.29) is 16.8 Å². The van der Waals surface area contributed by atoms with Crippen LogP contribution in [0.25, 0.3) is 0 Å². The summed E-state index contributed by atoms with van der Waals surface area (Å²) in [6.45, 7) is 5.81. The van der Waals surface area contributed by atoms with E-state index in [1.165, 1.54) is 16.4 Å². The Kier molecular flexibility index (Phi) is 5.31. The van der Waals surface area contributed by atoms with Crippen LogP contribution in [0.2, 0.25) is 0 Å². The first kappa shape index (κ1) is 21.1. The number of amides is 1. The van der Waals surface area contributed by atoms with Gasteiger partial charge in [-0.15, -0.1) is 0 Å². The number of rotatable bonds is 4. The topological polar surface area (TPSA) is 66.5 Å². The van der Waals surface area contributed by atoms with E-state index < -0.39 is 15.8 Å². The summed E-state index contributed by atoms with van der Waals surface area (Å²) in [6.07, 6.45) is 0.487. The van der Waals surface area contributed by atoms with Gasteiger partial charge in [0.2, 0.25) is 0 Å². The Morgan fingerprint density at radius 1 is 1.00 bits per heavy atom. The maximum atomic E-state index is 13.2. The molecule has 0 spiro atoms. The number of nitrogens with zero attached hydrogens (tertiary/aromatic N) is 1. The van der Waals surface area contributed by atoms with Gasteiger partial charge in [-0.1, -0.05) is 6.07 Å². The highest BCUT2D eigenvalue weighted by molar-refractivity contribution is 7.92. The molecule has 1 N–H and O–H groups in total. The van der Waals surface area contributed by atoms with E-state index in [0.717, 1.165) is 28.8 Å². The molecule has 1 amide bonds. The molecule has 0 aliphatic carbocycles. The zero-order valence-electron chi connectivity index (χ0n) is 17.5. The molecule has 0 bridgehead atoms. The number of hydrogen-bond donors (Lipinski definition) is 1. The number of carbonyl (C=O) groups is 1. The number of fused-ring (bicyclic) bond motifs is 1. The van der Waals surface area contributed by atoms with Gasteiger partial charge in [0.1, 0.15) is 5.82 Å². The minimum atomic E-state index is -3.84. The summed E-state index contributed by atoms with van der Waals surface area (Å²) >= 11 is 0. The molecule has 3 aromatic rings. The molecule has 0 unspecified atom stereocenters. The van der Waals surface area contributed by atoms with Crippen molar-refractivity contribution in [3.05, 3.63) is 88.7 Å². The van der Waals surface area contributed by atoms with Gasteiger partial charge in [0, 0.05) is 17.3 Å². The molecule has 1 atom stereocenters. The van der Waals surface area contributed by atoms with Crippen LogP contribution in [0.4, 0.5) is 15.8 Å². The second kappa shape index (κ2) is 7.81. The molecule has 3 aromatic carbocycles. The van der Waals surface area contributed by atoms with Gasteiger partial charge in [-0.25, -0.2) is 12.8 Å². The van der Waals surface area contributed by atoms with Crippen molar-refractivity contribution in [2.45, 2.75) is 38.1 Å². The Hall–Kier alpha value is -3.19. The summed E-state index contributed by atoms with van der Waals surface area (Å²) in [5, 5.41) is 2.89. The molecule has 4 rings (SSSR count). The second-order valence-corrected chi connectivity index (χ2v) is 9.72. The van der Waals surface area contributed by atoms with Crippen LogP contribution in [0.15, 0.2) is 65.6 Å². The molecule has 31 heavy (non-hydrogen) atoms. The zero-order chi connectivity index (χ0) is 22.3. The quantitative estimate of drug-likeness (QED) is 0.634. The minimum absolute atomic E-state index is 0.0326. The van der Waals surface area contributed by atoms with E-state index in [1.54, 1.807) is 18.2 Å². The zero-order valence-corrected chi connectivity index (χ0v) is 18.3. The lowest BCUT2D eigenvalue weighted by Crippen LogP contribution is -2.35. The van der Waals surface area contributed by atoms with Crippen LogP contribution in [0.1, 0.15) is 34.0 Å². The normalized spacial score (nSPS) is 15.6. The summed E-state index contributed by atoms with van der Waals surface area (Å²) < 4.78 is 40.9. The van der Waals surface area contributed by atoms with Crippen molar-refractivity contribution in [3.8, 4) is 0 Å². The number of hydrogen-bond acceptors (Lipinski definition) is 3. The molecule has 0 aromatic heterocycles. The van der Waals surface area contributed by atoms with E-state index in [0.29, 0.717) is 23.4 Å². The summed E-state index contributed by atoms with van der Waals surface area (Å²) in [7, 11) is -3.84. The Labute approximate surface area is 181 Å². The van der Waals surface area contributed by atoms with E-state index >= 15 is 0 Å². The summed E-state index contributed by atoms with van der Waals surface area (Å²) in [4.78, 5) is 12.8. The molecule has 0 radical (unpaired) electrons. The SMILES string of the molecule is Cc1ccc(NC(=O)c2ccc3c(c2)C[C@@H](C)N3S(=O)(=O)c2ccc(F)cc2)cc1C. The van der Waals surface area contributed by atoms with Crippen molar-refractivity contribution in [1.82, 2.24) is 0 Å². The van der Waals surface area contributed by atoms with Gasteiger partial charge >= 0.3 is 0 Å². The van der Waals surface area contributed by atoms with Crippen molar-refractivity contribution in [2.24, 2.45) is 0 Å². The van der Waals surface area contributed by atoms with Crippen LogP contribution in [-0.2, 0) is 16.4 Å². The number of anilines is 2. The third-order valence-corrected chi connectivity index (χ3v) is 7.57. The fraction of sp³-hybridized carbons (Fsp3) is 0.208. The molecule has 160 valence electrons. The van der Waals surface area contributed by atoms with Crippen LogP contribution in [0, 0.1) is 19.7 Å². The number of nitrogens with one attached hydrogen (secondary N) is 1. The predicted molar refractivity (Wildman–Crippen MR) is 120 cm³/mol. The third kappa shape index (κ3) is 3.93. The summed E-state index contributed by atoms with van der Waals surface area (Å²) in [6, 6.07) is 15.2. The predicted octanol–water partition coefficient (Wildman–Crippen LogP) is 4.83. The molecule has 1 aliphatic rings. The van der Waals surface area contributed by atoms with Crippen molar-refractivity contribution in [1.29, 1.82) is 0 Å². The standard InChI is InChI=1S/C24H23FN2O3S/c1-15-4-8-21(12-16(15)2)26-24(28)18-5-11-23-19(14-18)13-17(3)27(23)31(29,30)22-9-6-20(25)7-10-22/h4-12,14,17H,13H2,1-3H3,(H,26,28)/t17-/m1/s1. The second-order valence-electron chi connectivity index (χ2n) is 7.90. The molecule has 7 heteroatoms. The maximum absolute atomic E-state index is 13.2. The van der Waals surface area contributed by atoms with Crippen molar-refractivity contribution in [3.63, 3.8) is 0 Å². The van der Waals surface area contributed by atoms with Crippen molar-refractivity contribution < 1.29 is 17.6 Å². The van der Waals surface area contributed by atoms with Crippen molar-refractivity contribution >= 4 is 27.3 Å². The molecule has 5 nitrogen and oxygen atoms in total. The Bertz CT molecular complexity index is 1270. The highest BCUT2D eigenvalue weighted by atomic mass is 32.2. The first-order chi connectivity index (χ1) is 14.7. The lowest BCUT2D eigenvalue weighted by molar-refractivity contribution is 0.102. The third-order valence-electron chi connectivity index (χ3n) is 5.63. The van der Waals surface area contributed by atoms with Gasteiger partial charge in [0.25, 0.3) is 15.9 Å². The largest absolute Gasteiger partial charge is 0.322 e. The van der Waals surface area contributed by atoms with E-state index in [9.17, 15) is 17.6 Å². The van der Waals surface area contributed by atoms with Crippen LogP contribution in [-0.4, -0.2) is 20.4 Å². The van der Waals surface area contributed by atoms with Gasteiger partial charge in [-0.05, 0) is 98.5 Å². The smallest absolute Gasteiger partial charge is 0.264 e. The average Bonchev–Trinajstić information content (AvgIpc) is 3.06. The molecule has 0 fully saturated rings. The Balaban J connectivity index is 1.62. The molecule has 1 aliphatic heterocycles. The van der Waals surface area contributed by atoms with Gasteiger partial charge in [0.15, 0.2) is 0 Å². The molecule has 0 saturated carbocycles. The lowest BCUT2D eigenvalue weighted by Gasteiger charge is -2.24. The Morgan fingerprint density at radius 2 is 1.71 bits per heavy atom. The van der Waals surface area contributed by atoms with Crippen LogP contribution < -0.4 is 9.62 Å².